The zero-order chi connectivity index (χ0) is 11.8. The summed E-state index contributed by atoms with van der Waals surface area (Å²) in [6.07, 6.45) is 6.93. The van der Waals surface area contributed by atoms with Crippen molar-refractivity contribution in [2.45, 2.75) is 32.6 Å². The zero-order valence-corrected chi connectivity index (χ0v) is 10.7. The number of hydrogen-bond donors (Lipinski definition) is 1. The van der Waals surface area contributed by atoms with E-state index >= 15 is 0 Å². The molecule has 1 aliphatic carbocycles. The van der Waals surface area contributed by atoms with Crippen molar-refractivity contribution in [1.29, 1.82) is 0 Å². The average molecular weight is 223 g/mol. The number of rotatable bonds is 7. The van der Waals surface area contributed by atoms with Crippen molar-refractivity contribution in [1.82, 2.24) is 10.2 Å². The molecule has 3 nitrogen and oxygen atoms in total. The summed E-state index contributed by atoms with van der Waals surface area (Å²) >= 11 is 0. The molecule has 1 fully saturated rings. The Bertz CT molecular complexity index is 231. The SMILES string of the molecule is C=CCCCN(C)C(=NCC1CC1)NCC. The number of nitrogens with zero attached hydrogens (tertiary/aromatic N) is 2. The molecule has 0 unspecified atom stereocenters. The van der Waals surface area contributed by atoms with Gasteiger partial charge in [-0.25, -0.2) is 0 Å². The molecule has 0 aromatic rings. The van der Waals surface area contributed by atoms with Gasteiger partial charge < -0.3 is 10.2 Å². The molecule has 0 spiro atoms. The van der Waals surface area contributed by atoms with E-state index in [1.54, 1.807) is 0 Å². The van der Waals surface area contributed by atoms with Gasteiger partial charge in [-0.05, 0) is 38.5 Å². The highest BCUT2D eigenvalue weighted by Gasteiger charge is 2.20. The third kappa shape index (κ3) is 5.19. The van der Waals surface area contributed by atoms with Gasteiger partial charge >= 0.3 is 0 Å². The van der Waals surface area contributed by atoms with Crippen LogP contribution in [0.3, 0.4) is 0 Å². The van der Waals surface area contributed by atoms with E-state index in [0.717, 1.165) is 44.4 Å². The summed E-state index contributed by atoms with van der Waals surface area (Å²) in [6, 6.07) is 0. The quantitative estimate of drug-likeness (QED) is 0.310. The number of allylic oxidation sites excluding steroid dienone is 1. The maximum atomic E-state index is 4.66. The lowest BCUT2D eigenvalue weighted by Gasteiger charge is -2.21. The van der Waals surface area contributed by atoms with Crippen LogP contribution in [0.25, 0.3) is 0 Å². The Hall–Kier alpha value is -0.990. The van der Waals surface area contributed by atoms with E-state index in [1.807, 2.05) is 6.08 Å². The van der Waals surface area contributed by atoms with Crippen LogP contribution < -0.4 is 5.32 Å². The maximum absolute atomic E-state index is 4.66. The number of aliphatic imine (C=N–C) groups is 1. The first-order valence-corrected chi connectivity index (χ1v) is 6.38. The highest BCUT2D eigenvalue weighted by Crippen LogP contribution is 2.28. The van der Waals surface area contributed by atoms with Crippen LogP contribution in [0, 0.1) is 5.92 Å². The lowest BCUT2D eigenvalue weighted by Crippen LogP contribution is -2.39. The van der Waals surface area contributed by atoms with Gasteiger partial charge in [-0.15, -0.1) is 6.58 Å². The molecule has 1 rings (SSSR count). The van der Waals surface area contributed by atoms with Gasteiger partial charge in [-0.3, -0.25) is 4.99 Å². The standard InChI is InChI=1S/C13H25N3/c1-4-6-7-10-16(3)13(14-5-2)15-11-12-8-9-12/h4,12H,1,5-11H2,2-3H3,(H,14,15). The number of hydrogen-bond acceptors (Lipinski definition) is 1. The van der Waals surface area contributed by atoms with Crippen molar-refractivity contribution in [2.75, 3.05) is 26.7 Å². The second-order valence-electron chi connectivity index (χ2n) is 4.49. The Kier molecular flexibility index (Phi) is 5.98. The Morgan fingerprint density at radius 1 is 1.56 bits per heavy atom. The van der Waals surface area contributed by atoms with Crippen molar-refractivity contribution in [3.05, 3.63) is 12.7 Å². The molecule has 0 bridgehead atoms. The fourth-order valence-corrected chi connectivity index (χ4v) is 1.56. The summed E-state index contributed by atoms with van der Waals surface area (Å²) in [6.45, 7) is 8.84. The second-order valence-corrected chi connectivity index (χ2v) is 4.49. The molecule has 92 valence electrons. The van der Waals surface area contributed by atoms with Gasteiger partial charge in [-0.1, -0.05) is 6.08 Å². The summed E-state index contributed by atoms with van der Waals surface area (Å²) < 4.78 is 0. The lowest BCUT2D eigenvalue weighted by molar-refractivity contribution is 0.469. The number of guanidine groups is 1. The van der Waals surface area contributed by atoms with E-state index in [9.17, 15) is 0 Å². The third-order valence-corrected chi connectivity index (χ3v) is 2.79. The Morgan fingerprint density at radius 2 is 2.31 bits per heavy atom. The Balaban J connectivity index is 2.33. The second kappa shape index (κ2) is 7.31. The average Bonchev–Trinajstić information content (AvgIpc) is 3.08. The molecule has 0 aromatic carbocycles. The minimum Gasteiger partial charge on any atom is -0.357 e. The van der Waals surface area contributed by atoms with Crippen molar-refractivity contribution >= 4 is 5.96 Å². The molecule has 0 saturated heterocycles. The van der Waals surface area contributed by atoms with Crippen LogP contribution in [0.15, 0.2) is 17.6 Å². The van der Waals surface area contributed by atoms with E-state index in [-0.39, 0.29) is 0 Å². The predicted octanol–water partition coefficient (Wildman–Crippen LogP) is 2.26. The minimum absolute atomic E-state index is 0.857. The third-order valence-electron chi connectivity index (χ3n) is 2.79. The molecule has 0 aromatic heterocycles. The van der Waals surface area contributed by atoms with E-state index in [2.05, 4.69) is 35.8 Å². The summed E-state index contributed by atoms with van der Waals surface area (Å²) in [5.74, 6) is 1.91. The van der Waals surface area contributed by atoms with Crippen LogP contribution >= 0.6 is 0 Å². The summed E-state index contributed by atoms with van der Waals surface area (Å²) in [5.41, 5.74) is 0. The first-order chi connectivity index (χ1) is 7.77. The van der Waals surface area contributed by atoms with Gasteiger partial charge in [0.05, 0.1) is 0 Å². The van der Waals surface area contributed by atoms with Gasteiger partial charge in [-0.2, -0.15) is 0 Å². The van der Waals surface area contributed by atoms with Gasteiger partial charge in [0.1, 0.15) is 0 Å². The maximum Gasteiger partial charge on any atom is 0.193 e. The minimum atomic E-state index is 0.857. The van der Waals surface area contributed by atoms with Gasteiger partial charge in [0.2, 0.25) is 0 Å². The normalized spacial score (nSPS) is 16.0. The molecule has 0 heterocycles. The fourth-order valence-electron chi connectivity index (χ4n) is 1.56. The van der Waals surface area contributed by atoms with E-state index in [1.165, 1.54) is 12.8 Å². The molecule has 1 saturated carbocycles. The van der Waals surface area contributed by atoms with Gasteiger partial charge in [0.25, 0.3) is 0 Å². The summed E-state index contributed by atoms with van der Waals surface area (Å²) in [4.78, 5) is 6.88. The van der Waals surface area contributed by atoms with Crippen LogP contribution in [0.5, 0.6) is 0 Å². The molecule has 3 heteroatoms. The number of nitrogens with one attached hydrogen (secondary N) is 1. The highest BCUT2D eigenvalue weighted by molar-refractivity contribution is 5.79. The molecule has 1 N–H and O–H groups in total. The first kappa shape index (κ1) is 13.1. The molecule has 16 heavy (non-hydrogen) atoms. The fraction of sp³-hybridized carbons (Fsp3) is 0.769. The Labute approximate surface area is 99.6 Å². The van der Waals surface area contributed by atoms with Crippen LogP contribution in [-0.4, -0.2) is 37.5 Å². The van der Waals surface area contributed by atoms with Crippen LogP contribution in [0.1, 0.15) is 32.6 Å². The van der Waals surface area contributed by atoms with Crippen LogP contribution in [0.2, 0.25) is 0 Å². The van der Waals surface area contributed by atoms with Crippen molar-refractivity contribution < 1.29 is 0 Å². The molecular weight excluding hydrogens is 198 g/mol. The Morgan fingerprint density at radius 3 is 2.88 bits per heavy atom. The van der Waals surface area contributed by atoms with Crippen molar-refractivity contribution in [2.24, 2.45) is 10.9 Å². The topological polar surface area (TPSA) is 27.6 Å². The highest BCUT2D eigenvalue weighted by atomic mass is 15.3. The molecule has 0 amide bonds. The summed E-state index contributed by atoms with van der Waals surface area (Å²) in [5, 5.41) is 3.34. The van der Waals surface area contributed by atoms with Crippen LogP contribution in [-0.2, 0) is 0 Å². The molecule has 1 aliphatic rings. The first-order valence-electron chi connectivity index (χ1n) is 6.38. The van der Waals surface area contributed by atoms with Gasteiger partial charge in [0, 0.05) is 26.7 Å². The molecule has 0 atom stereocenters. The molecular formula is C13H25N3. The lowest BCUT2D eigenvalue weighted by atomic mass is 10.3. The zero-order valence-electron chi connectivity index (χ0n) is 10.7. The van der Waals surface area contributed by atoms with Gasteiger partial charge in [0.15, 0.2) is 5.96 Å². The van der Waals surface area contributed by atoms with E-state index in [4.69, 9.17) is 0 Å². The predicted molar refractivity (Wildman–Crippen MR) is 70.8 cm³/mol. The molecule has 0 aliphatic heterocycles. The largest absolute Gasteiger partial charge is 0.357 e. The molecule has 0 radical (unpaired) electrons. The van der Waals surface area contributed by atoms with E-state index < -0.39 is 0 Å². The van der Waals surface area contributed by atoms with E-state index in [0.29, 0.717) is 0 Å². The monoisotopic (exact) mass is 223 g/mol. The van der Waals surface area contributed by atoms with Crippen molar-refractivity contribution in [3.63, 3.8) is 0 Å². The summed E-state index contributed by atoms with van der Waals surface area (Å²) in [7, 11) is 2.11. The van der Waals surface area contributed by atoms with Crippen LogP contribution in [0.4, 0.5) is 0 Å². The van der Waals surface area contributed by atoms with Crippen molar-refractivity contribution in [3.8, 4) is 0 Å². The smallest absolute Gasteiger partial charge is 0.193 e. The number of unbranched alkanes of at least 4 members (excludes halogenated alkanes) is 1.